The lowest BCUT2D eigenvalue weighted by molar-refractivity contribution is -0.132. The third kappa shape index (κ3) is 5.12. The topological polar surface area (TPSA) is 133 Å². The summed E-state index contributed by atoms with van der Waals surface area (Å²) in [6, 6.07) is 6.25. The number of methoxy groups -OCH3 is 1. The van der Waals surface area contributed by atoms with Gasteiger partial charge in [-0.2, -0.15) is 5.10 Å². The van der Waals surface area contributed by atoms with Crippen LogP contribution in [0.2, 0.25) is 5.22 Å². The zero-order valence-corrected chi connectivity index (χ0v) is 19.8. The first kappa shape index (κ1) is 24.2. The van der Waals surface area contributed by atoms with Gasteiger partial charge in [-0.1, -0.05) is 13.3 Å². The van der Waals surface area contributed by atoms with E-state index in [0.29, 0.717) is 40.6 Å². The minimum absolute atomic E-state index is 0.0270. The molecule has 1 aliphatic heterocycles. The Kier molecular flexibility index (Phi) is 7.02. The number of ether oxygens (including phenoxy) is 3. The Labute approximate surface area is 205 Å². The Bertz CT molecular complexity index is 1310. The zero-order chi connectivity index (χ0) is 25.1. The van der Waals surface area contributed by atoms with Crippen molar-refractivity contribution in [3.8, 4) is 23.1 Å². The summed E-state index contributed by atoms with van der Waals surface area (Å²) in [6.07, 6.45) is 3.74. The Morgan fingerprint density at radius 1 is 1.20 bits per heavy atom. The standard InChI is InChI=1S/C24H23ClN2O8/c1-3-4-5-16-9-15(26-27(16)22-17(24(30)31)10-21(25)35-22)7-14(23(28)29)6-13-8-19-20(34-12-33-19)11-18(13)32-2/h7-11H,3-6,12H2,1-2H3,(H,28,29)(H,30,31)/b14-7+. The van der Waals surface area contributed by atoms with E-state index < -0.39 is 11.9 Å². The number of halogens is 1. The van der Waals surface area contributed by atoms with Gasteiger partial charge in [0.05, 0.1) is 12.8 Å². The molecule has 2 N–H and O–H groups in total. The Balaban J connectivity index is 1.74. The summed E-state index contributed by atoms with van der Waals surface area (Å²) in [5, 5.41) is 23.8. The predicted molar refractivity (Wildman–Crippen MR) is 125 cm³/mol. The molecule has 0 atom stereocenters. The van der Waals surface area contributed by atoms with Crippen LogP contribution >= 0.6 is 11.6 Å². The van der Waals surface area contributed by atoms with Crippen LogP contribution in [0, 0.1) is 0 Å². The summed E-state index contributed by atoms with van der Waals surface area (Å²) in [5.74, 6) is -0.897. The quantitative estimate of drug-likeness (QED) is 0.381. The molecule has 4 rings (SSSR count). The molecule has 35 heavy (non-hydrogen) atoms. The van der Waals surface area contributed by atoms with Crippen LogP contribution in [0.1, 0.15) is 47.1 Å². The summed E-state index contributed by atoms with van der Waals surface area (Å²) in [4.78, 5) is 23.8. The summed E-state index contributed by atoms with van der Waals surface area (Å²) in [5.41, 5.74) is 1.50. The molecule has 1 aliphatic rings. The average molecular weight is 503 g/mol. The van der Waals surface area contributed by atoms with Gasteiger partial charge in [0, 0.05) is 35.4 Å². The lowest BCUT2D eigenvalue weighted by atomic mass is 10.0. The van der Waals surface area contributed by atoms with Crippen molar-refractivity contribution < 1.29 is 38.4 Å². The van der Waals surface area contributed by atoms with Gasteiger partial charge in [-0.05, 0) is 42.7 Å². The molecule has 0 saturated heterocycles. The highest BCUT2D eigenvalue weighted by atomic mass is 35.5. The van der Waals surface area contributed by atoms with Crippen molar-refractivity contribution >= 4 is 29.6 Å². The first-order valence-corrected chi connectivity index (χ1v) is 11.2. The number of aliphatic carboxylic acids is 1. The highest BCUT2D eigenvalue weighted by Gasteiger charge is 2.23. The number of aromatic carboxylic acids is 1. The van der Waals surface area contributed by atoms with Crippen LogP contribution in [-0.2, 0) is 17.6 Å². The van der Waals surface area contributed by atoms with Gasteiger partial charge >= 0.3 is 11.9 Å². The van der Waals surface area contributed by atoms with Crippen LogP contribution in [0.15, 0.2) is 34.3 Å². The molecule has 3 heterocycles. The number of aryl methyl sites for hydroxylation is 1. The fourth-order valence-corrected chi connectivity index (χ4v) is 3.93. The summed E-state index contributed by atoms with van der Waals surface area (Å²) < 4.78 is 23.0. The normalized spacial score (nSPS) is 12.7. The molecule has 0 unspecified atom stereocenters. The van der Waals surface area contributed by atoms with Crippen molar-refractivity contribution in [1.82, 2.24) is 9.78 Å². The van der Waals surface area contributed by atoms with Gasteiger partial charge in [-0.3, -0.25) is 0 Å². The number of benzene rings is 1. The maximum atomic E-state index is 12.1. The number of rotatable bonds is 10. The fraction of sp³-hybridized carbons (Fsp3) is 0.292. The molecular formula is C24H23ClN2O8. The number of hydrogen-bond donors (Lipinski definition) is 2. The molecule has 3 aromatic rings. The lowest BCUT2D eigenvalue weighted by Crippen LogP contribution is -2.07. The number of carboxylic acid groups (broad SMARTS) is 2. The van der Waals surface area contributed by atoms with Crippen LogP contribution < -0.4 is 14.2 Å². The van der Waals surface area contributed by atoms with Crippen molar-refractivity contribution in [3.63, 3.8) is 0 Å². The second-order valence-electron chi connectivity index (χ2n) is 7.82. The summed E-state index contributed by atoms with van der Waals surface area (Å²) in [7, 11) is 1.49. The zero-order valence-electron chi connectivity index (χ0n) is 19.0. The van der Waals surface area contributed by atoms with E-state index in [0.717, 1.165) is 12.8 Å². The monoisotopic (exact) mass is 502 g/mol. The van der Waals surface area contributed by atoms with E-state index in [1.807, 2.05) is 6.92 Å². The second-order valence-corrected chi connectivity index (χ2v) is 8.19. The third-order valence-electron chi connectivity index (χ3n) is 5.45. The third-order valence-corrected chi connectivity index (χ3v) is 5.63. The number of unbranched alkanes of at least 4 members (excludes halogenated alkanes) is 1. The minimum Gasteiger partial charge on any atom is -0.496 e. The number of carbonyl (C=O) groups is 2. The number of fused-ring (bicyclic) bond motifs is 1. The van der Waals surface area contributed by atoms with Crippen LogP contribution in [0.4, 0.5) is 0 Å². The first-order chi connectivity index (χ1) is 16.8. The molecule has 0 aliphatic carbocycles. The molecule has 0 spiro atoms. The van der Waals surface area contributed by atoms with Gasteiger partial charge < -0.3 is 28.8 Å². The van der Waals surface area contributed by atoms with Gasteiger partial charge in [0.1, 0.15) is 11.3 Å². The molecular weight excluding hydrogens is 480 g/mol. The molecule has 10 nitrogen and oxygen atoms in total. The van der Waals surface area contributed by atoms with Gasteiger partial charge in [-0.15, -0.1) is 0 Å². The number of hydrogen-bond acceptors (Lipinski definition) is 7. The highest BCUT2D eigenvalue weighted by molar-refractivity contribution is 6.29. The number of furan rings is 1. The molecule has 0 saturated carbocycles. The smallest absolute Gasteiger partial charge is 0.341 e. The lowest BCUT2D eigenvalue weighted by Gasteiger charge is -2.10. The van der Waals surface area contributed by atoms with E-state index in [9.17, 15) is 19.8 Å². The van der Waals surface area contributed by atoms with E-state index >= 15 is 0 Å². The van der Waals surface area contributed by atoms with E-state index in [1.54, 1.807) is 18.2 Å². The molecule has 11 heteroatoms. The Morgan fingerprint density at radius 2 is 1.94 bits per heavy atom. The average Bonchev–Trinajstić information content (AvgIpc) is 3.54. The fourth-order valence-electron chi connectivity index (χ4n) is 3.75. The highest BCUT2D eigenvalue weighted by Crippen LogP contribution is 2.39. The van der Waals surface area contributed by atoms with Gasteiger partial charge in [0.15, 0.2) is 16.7 Å². The van der Waals surface area contributed by atoms with E-state index in [1.165, 1.54) is 23.9 Å². The van der Waals surface area contributed by atoms with Gasteiger partial charge in [0.2, 0.25) is 12.7 Å². The van der Waals surface area contributed by atoms with Gasteiger partial charge in [0.25, 0.3) is 0 Å². The van der Waals surface area contributed by atoms with E-state index in [-0.39, 0.29) is 35.5 Å². The van der Waals surface area contributed by atoms with Crippen LogP contribution in [0.5, 0.6) is 17.2 Å². The maximum absolute atomic E-state index is 12.1. The van der Waals surface area contributed by atoms with E-state index in [2.05, 4.69) is 5.10 Å². The molecule has 0 radical (unpaired) electrons. The van der Waals surface area contributed by atoms with Crippen LogP contribution in [-0.4, -0.2) is 45.8 Å². The van der Waals surface area contributed by atoms with Crippen molar-refractivity contribution in [2.75, 3.05) is 13.9 Å². The molecule has 184 valence electrons. The Hall–Kier alpha value is -3.92. The number of carboxylic acids is 2. The van der Waals surface area contributed by atoms with Crippen molar-refractivity contribution in [2.45, 2.75) is 32.6 Å². The van der Waals surface area contributed by atoms with Crippen LogP contribution in [0.3, 0.4) is 0 Å². The SMILES string of the molecule is CCCCc1cc(/C=C(\Cc2cc3c(cc2OC)OCO3)C(=O)O)nn1-c1oc(Cl)cc1C(=O)O. The minimum atomic E-state index is -1.22. The second kappa shape index (κ2) is 10.1. The van der Waals surface area contributed by atoms with Crippen molar-refractivity contribution in [3.05, 3.63) is 57.6 Å². The summed E-state index contributed by atoms with van der Waals surface area (Å²) in [6.45, 7) is 2.10. The van der Waals surface area contributed by atoms with Crippen molar-refractivity contribution in [1.29, 1.82) is 0 Å². The number of nitrogens with zero attached hydrogens (tertiary/aromatic N) is 2. The molecule has 2 aromatic heterocycles. The first-order valence-electron chi connectivity index (χ1n) is 10.8. The predicted octanol–water partition coefficient (Wildman–Crippen LogP) is 4.61. The van der Waals surface area contributed by atoms with Gasteiger partial charge in [-0.25, -0.2) is 14.3 Å². The van der Waals surface area contributed by atoms with Crippen molar-refractivity contribution in [2.24, 2.45) is 0 Å². The van der Waals surface area contributed by atoms with E-state index in [4.69, 9.17) is 30.2 Å². The maximum Gasteiger partial charge on any atom is 0.341 e. The van der Waals surface area contributed by atoms with Crippen LogP contribution in [0.25, 0.3) is 12.0 Å². The Morgan fingerprint density at radius 3 is 2.60 bits per heavy atom. The molecule has 0 amide bonds. The summed E-state index contributed by atoms with van der Waals surface area (Å²) >= 11 is 5.92. The molecule has 1 aromatic carbocycles. The largest absolute Gasteiger partial charge is 0.496 e. The molecule has 0 bridgehead atoms. The molecule has 0 fully saturated rings. The number of aromatic nitrogens is 2.